The van der Waals surface area contributed by atoms with Gasteiger partial charge >= 0.3 is 0 Å². The van der Waals surface area contributed by atoms with Crippen molar-refractivity contribution in [1.29, 1.82) is 0 Å². The fraction of sp³-hybridized carbons (Fsp3) is 0.350. The van der Waals surface area contributed by atoms with Crippen LogP contribution < -0.4 is 10.1 Å². The first-order chi connectivity index (χ1) is 12.1. The third kappa shape index (κ3) is 5.38. The molecule has 132 valence electrons. The Kier molecular flexibility index (Phi) is 6.22. The number of carbonyl (C=O) groups excluding carboxylic acids is 1. The van der Waals surface area contributed by atoms with E-state index >= 15 is 0 Å². The summed E-state index contributed by atoms with van der Waals surface area (Å²) in [5.41, 5.74) is 1.18. The average molecular weight is 378 g/mol. The van der Waals surface area contributed by atoms with Crippen LogP contribution in [0, 0.1) is 5.92 Å². The zero-order chi connectivity index (χ0) is 17.6. The zero-order valence-electron chi connectivity index (χ0n) is 13.9. The van der Waals surface area contributed by atoms with E-state index in [1.54, 1.807) is 18.2 Å². The number of amides is 1. The monoisotopic (exact) mass is 377 g/mol. The van der Waals surface area contributed by atoms with Crippen LogP contribution >= 0.6 is 23.2 Å². The summed E-state index contributed by atoms with van der Waals surface area (Å²) in [5, 5.41) is 4.23. The molecule has 1 N–H and O–H groups in total. The summed E-state index contributed by atoms with van der Waals surface area (Å²) in [5.74, 6) is 1.22. The predicted molar refractivity (Wildman–Crippen MR) is 101 cm³/mol. The Bertz CT molecular complexity index is 717. The number of nitrogens with one attached hydrogen (secondary N) is 1. The first-order valence-corrected chi connectivity index (χ1v) is 9.31. The van der Waals surface area contributed by atoms with Gasteiger partial charge in [-0.15, -0.1) is 0 Å². The Balaban J connectivity index is 1.44. The molecule has 0 spiro atoms. The minimum atomic E-state index is 0.0616. The highest BCUT2D eigenvalue weighted by Gasteiger charge is 2.33. The zero-order valence-corrected chi connectivity index (χ0v) is 15.4. The fourth-order valence-electron chi connectivity index (χ4n) is 2.82. The molecular weight excluding hydrogens is 357 g/mol. The van der Waals surface area contributed by atoms with E-state index in [2.05, 4.69) is 17.4 Å². The average Bonchev–Trinajstić information content (AvgIpc) is 3.44. The van der Waals surface area contributed by atoms with Gasteiger partial charge in [0.1, 0.15) is 5.75 Å². The highest BCUT2D eigenvalue weighted by molar-refractivity contribution is 6.35. The van der Waals surface area contributed by atoms with Crippen molar-refractivity contribution >= 4 is 29.1 Å². The van der Waals surface area contributed by atoms with Gasteiger partial charge in [-0.2, -0.15) is 0 Å². The van der Waals surface area contributed by atoms with Crippen molar-refractivity contribution in [1.82, 2.24) is 5.32 Å². The second-order valence-corrected chi connectivity index (χ2v) is 7.16. The highest BCUT2D eigenvalue weighted by Crippen LogP contribution is 2.41. The summed E-state index contributed by atoms with van der Waals surface area (Å²) >= 11 is 11.9. The Hall–Kier alpha value is -1.71. The molecule has 0 aromatic heterocycles. The molecule has 0 saturated heterocycles. The van der Waals surface area contributed by atoms with Gasteiger partial charge in [0, 0.05) is 11.4 Å². The van der Waals surface area contributed by atoms with E-state index in [0.717, 1.165) is 0 Å². The molecule has 2 aromatic carbocycles. The molecule has 5 heteroatoms. The number of hydrogen-bond donors (Lipinski definition) is 1. The Morgan fingerprint density at radius 1 is 1.16 bits per heavy atom. The van der Waals surface area contributed by atoms with Gasteiger partial charge in [0.15, 0.2) is 0 Å². The van der Waals surface area contributed by atoms with E-state index in [4.69, 9.17) is 27.9 Å². The van der Waals surface area contributed by atoms with Crippen LogP contribution in [0.25, 0.3) is 0 Å². The first kappa shape index (κ1) is 18.1. The Morgan fingerprint density at radius 3 is 2.60 bits per heavy atom. The number of ether oxygens (including phenoxy) is 1. The second kappa shape index (κ2) is 8.59. The SMILES string of the molecule is O=C(CCCOc1ccc(Cl)cc1Cl)NC(c1ccccc1)C1CC1. The topological polar surface area (TPSA) is 38.3 Å². The maximum Gasteiger partial charge on any atom is 0.220 e. The number of hydrogen-bond acceptors (Lipinski definition) is 2. The van der Waals surface area contributed by atoms with Crippen molar-refractivity contribution in [3.63, 3.8) is 0 Å². The normalized spacial score (nSPS) is 14.8. The van der Waals surface area contributed by atoms with Crippen molar-refractivity contribution < 1.29 is 9.53 Å². The molecule has 25 heavy (non-hydrogen) atoms. The molecule has 1 amide bonds. The lowest BCUT2D eigenvalue weighted by molar-refractivity contribution is -0.122. The van der Waals surface area contributed by atoms with Gasteiger partial charge in [-0.1, -0.05) is 53.5 Å². The maximum atomic E-state index is 12.3. The van der Waals surface area contributed by atoms with Crippen LogP contribution in [0.4, 0.5) is 0 Å². The number of rotatable bonds is 8. The molecule has 1 atom stereocenters. The van der Waals surface area contributed by atoms with Gasteiger partial charge in [-0.3, -0.25) is 4.79 Å². The van der Waals surface area contributed by atoms with Crippen molar-refractivity contribution in [3.05, 3.63) is 64.1 Å². The smallest absolute Gasteiger partial charge is 0.220 e. The minimum absolute atomic E-state index is 0.0616. The van der Waals surface area contributed by atoms with Gasteiger partial charge < -0.3 is 10.1 Å². The molecule has 3 nitrogen and oxygen atoms in total. The van der Waals surface area contributed by atoms with Crippen LogP contribution in [-0.2, 0) is 4.79 Å². The van der Waals surface area contributed by atoms with Crippen LogP contribution in [-0.4, -0.2) is 12.5 Å². The van der Waals surface area contributed by atoms with E-state index in [9.17, 15) is 4.79 Å². The maximum absolute atomic E-state index is 12.3. The molecule has 0 aliphatic heterocycles. The van der Waals surface area contributed by atoms with E-state index in [-0.39, 0.29) is 11.9 Å². The third-order valence-electron chi connectivity index (χ3n) is 4.27. The lowest BCUT2D eigenvalue weighted by Gasteiger charge is -2.19. The van der Waals surface area contributed by atoms with Crippen LogP contribution in [0.3, 0.4) is 0 Å². The van der Waals surface area contributed by atoms with E-state index in [1.165, 1.54) is 18.4 Å². The summed E-state index contributed by atoms with van der Waals surface area (Å²) in [6, 6.07) is 15.4. The van der Waals surface area contributed by atoms with Gasteiger partial charge in [0.25, 0.3) is 0 Å². The largest absolute Gasteiger partial charge is 0.492 e. The van der Waals surface area contributed by atoms with Crippen LogP contribution in [0.15, 0.2) is 48.5 Å². The molecule has 1 fully saturated rings. The van der Waals surface area contributed by atoms with Crippen molar-refractivity contribution in [2.45, 2.75) is 31.7 Å². The van der Waals surface area contributed by atoms with Gasteiger partial charge in [-0.25, -0.2) is 0 Å². The highest BCUT2D eigenvalue weighted by atomic mass is 35.5. The van der Waals surface area contributed by atoms with Crippen molar-refractivity contribution in [2.24, 2.45) is 5.92 Å². The summed E-state index contributed by atoms with van der Waals surface area (Å²) in [6.45, 7) is 0.439. The van der Waals surface area contributed by atoms with Crippen molar-refractivity contribution in [3.8, 4) is 5.75 Å². The van der Waals surface area contributed by atoms with E-state index in [0.29, 0.717) is 41.2 Å². The van der Waals surface area contributed by atoms with Gasteiger partial charge in [0.05, 0.1) is 17.7 Å². The number of halogens is 2. The van der Waals surface area contributed by atoms with Crippen LogP contribution in [0.1, 0.15) is 37.3 Å². The molecule has 1 aliphatic carbocycles. The molecule has 1 saturated carbocycles. The summed E-state index contributed by atoms with van der Waals surface area (Å²) in [4.78, 5) is 12.3. The minimum Gasteiger partial charge on any atom is -0.492 e. The second-order valence-electron chi connectivity index (χ2n) is 6.32. The van der Waals surface area contributed by atoms with E-state index < -0.39 is 0 Å². The molecule has 2 aromatic rings. The lowest BCUT2D eigenvalue weighted by Crippen LogP contribution is -2.29. The third-order valence-corrected chi connectivity index (χ3v) is 4.80. The van der Waals surface area contributed by atoms with Gasteiger partial charge in [-0.05, 0) is 48.9 Å². The predicted octanol–water partition coefficient (Wildman–Crippen LogP) is 5.42. The van der Waals surface area contributed by atoms with E-state index in [1.807, 2.05) is 18.2 Å². The summed E-state index contributed by atoms with van der Waals surface area (Å²) in [6.07, 6.45) is 3.42. The fourth-order valence-corrected chi connectivity index (χ4v) is 3.28. The summed E-state index contributed by atoms with van der Waals surface area (Å²) < 4.78 is 5.62. The molecule has 1 aliphatic rings. The van der Waals surface area contributed by atoms with Crippen LogP contribution in [0.2, 0.25) is 10.0 Å². The molecule has 3 rings (SSSR count). The van der Waals surface area contributed by atoms with Crippen molar-refractivity contribution in [2.75, 3.05) is 6.61 Å². The first-order valence-electron chi connectivity index (χ1n) is 8.55. The number of benzene rings is 2. The Morgan fingerprint density at radius 2 is 1.92 bits per heavy atom. The molecule has 0 heterocycles. The molecule has 0 radical (unpaired) electrons. The van der Waals surface area contributed by atoms with Crippen LogP contribution in [0.5, 0.6) is 5.75 Å². The Labute approximate surface area is 158 Å². The molecule has 1 unspecified atom stereocenters. The van der Waals surface area contributed by atoms with Gasteiger partial charge in [0.2, 0.25) is 5.91 Å². The standard InChI is InChI=1S/C20H21Cl2NO2/c21-16-10-11-18(17(22)13-16)25-12-4-7-19(24)23-20(15-8-9-15)14-5-2-1-3-6-14/h1-3,5-6,10-11,13,15,20H,4,7-9,12H2,(H,23,24). The summed E-state index contributed by atoms with van der Waals surface area (Å²) in [7, 11) is 0. The number of carbonyl (C=O) groups is 1. The molecule has 0 bridgehead atoms. The molecular formula is C20H21Cl2NO2. The lowest BCUT2D eigenvalue weighted by atomic mass is 10.0. The quantitative estimate of drug-likeness (QED) is 0.623.